The minimum atomic E-state index is -0.843. The van der Waals surface area contributed by atoms with Crippen LogP contribution in [0, 0.1) is 0 Å². The molecular weight excluding hydrogens is 154 g/mol. The van der Waals surface area contributed by atoms with Crippen LogP contribution in [0.5, 0.6) is 0 Å². The summed E-state index contributed by atoms with van der Waals surface area (Å²) in [5.74, 6) is -0.214. The van der Waals surface area contributed by atoms with Crippen LogP contribution in [0.25, 0.3) is 0 Å². The van der Waals surface area contributed by atoms with Crippen LogP contribution in [0.4, 0.5) is 0 Å². The van der Waals surface area contributed by atoms with Gasteiger partial charge >= 0.3 is 5.97 Å². The molecule has 12 heavy (non-hydrogen) atoms. The van der Waals surface area contributed by atoms with Crippen LogP contribution in [0.3, 0.4) is 0 Å². The molecule has 1 aromatic rings. The fourth-order valence-corrected chi connectivity index (χ4v) is 1.44. The van der Waals surface area contributed by atoms with Gasteiger partial charge in [0, 0.05) is 13.2 Å². The Morgan fingerprint density at radius 2 is 2.33 bits per heavy atom. The monoisotopic (exact) mass is 165 g/mol. The molecule has 0 unspecified atom stereocenters. The first-order valence-corrected chi connectivity index (χ1v) is 4.08. The van der Waals surface area contributed by atoms with Crippen molar-refractivity contribution in [1.82, 2.24) is 4.57 Å². The quantitative estimate of drug-likeness (QED) is 0.723. The van der Waals surface area contributed by atoms with Gasteiger partial charge in [-0.3, -0.25) is 0 Å². The van der Waals surface area contributed by atoms with Crippen molar-refractivity contribution in [2.24, 2.45) is 7.05 Å². The number of carbonyl (C=O) groups is 1. The summed E-state index contributed by atoms with van der Waals surface area (Å²) in [4.78, 5) is 10.7. The van der Waals surface area contributed by atoms with Crippen molar-refractivity contribution in [2.75, 3.05) is 0 Å². The van der Waals surface area contributed by atoms with E-state index in [1.54, 1.807) is 17.7 Å². The van der Waals surface area contributed by atoms with Crippen LogP contribution in [-0.4, -0.2) is 15.6 Å². The number of carboxylic acid groups (broad SMARTS) is 1. The maximum atomic E-state index is 10.7. The summed E-state index contributed by atoms with van der Waals surface area (Å²) >= 11 is 0. The Balaban J connectivity index is 2.36. The lowest BCUT2D eigenvalue weighted by molar-refractivity contribution is 0.0686. The highest BCUT2D eigenvalue weighted by atomic mass is 16.4. The first-order chi connectivity index (χ1) is 5.68. The molecule has 1 saturated carbocycles. The van der Waals surface area contributed by atoms with E-state index in [1.165, 1.54) is 18.4 Å². The van der Waals surface area contributed by atoms with Gasteiger partial charge in [0.15, 0.2) is 0 Å². The van der Waals surface area contributed by atoms with Crippen molar-refractivity contribution in [1.29, 1.82) is 0 Å². The summed E-state index contributed by atoms with van der Waals surface area (Å²) in [5.41, 5.74) is 1.56. The van der Waals surface area contributed by atoms with Crippen molar-refractivity contribution in [3.05, 3.63) is 23.5 Å². The second-order valence-electron chi connectivity index (χ2n) is 3.35. The van der Waals surface area contributed by atoms with Gasteiger partial charge in [0.1, 0.15) is 5.69 Å². The molecule has 1 aromatic heterocycles. The highest BCUT2D eigenvalue weighted by molar-refractivity contribution is 5.86. The van der Waals surface area contributed by atoms with E-state index in [4.69, 9.17) is 5.11 Å². The van der Waals surface area contributed by atoms with Crippen LogP contribution in [-0.2, 0) is 7.05 Å². The van der Waals surface area contributed by atoms with Crippen molar-refractivity contribution >= 4 is 5.97 Å². The fraction of sp³-hybridized carbons (Fsp3) is 0.444. The maximum absolute atomic E-state index is 10.7. The third-order valence-corrected chi connectivity index (χ3v) is 2.29. The standard InChI is InChI=1S/C9H11NO2/c1-10-5-7(6-2-3-6)4-8(10)9(11)12/h4-6H,2-3H2,1H3,(H,11,12). The van der Waals surface area contributed by atoms with Gasteiger partial charge in [0.2, 0.25) is 0 Å². The zero-order valence-corrected chi connectivity index (χ0v) is 6.95. The van der Waals surface area contributed by atoms with Crippen LogP contribution in [0.2, 0.25) is 0 Å². The third-order valence-electron chi connectivity index (χ3n) is 2.29. The van der Waals surface area contributed by atoms with Gasteiger partial charge in [0.05, 0.1) is 0 Å². The van der Waals surface area contributed by atoms with Crippen molar-refractivity contribution in [3.63, 3.8) is 0 Å². The molecule has 0 bridgehead atoms. The van der Waals surface area contributed by atoms with E-state index in [-0.39, 0.29) is 0 Å². The molecule has 64 valence electrons. The largest absolute Gasteiger partial charge is 0.477 e. The average molecular weight is 165 g/mol. The molecule has 3 nitrogen and oxygen atoms in total. The first kappa shape index (κ1) is 7.40. The van der Waals surface area contributed by atoms with E-state index in [0.29, 0.717) is 11.6 Å². The molecule has 0 spiro atoms. The predicted molar refractivity (Wildman–Crippen MR) is 44.3 cm³/mol. The molecule has 0 amide bonds. The minimum absolute atomic E-state index is 0.386. The van der Waals surface area contributed by atoms with E-state index >= 15 is 0 Å². The molecule has 1 aliphatic rings. The predicted octanol–water partition coefficient (Wildman–Crippen LogP) is 1.60. The van der Waals surface area contributed by atoms with Gasteiger partial charge in [-0.15, -0.1) is 0 Å². The summed E-state index contributed by atoms with van der Waals surface area (Å²) < 4.78 is 1.68. The van der Waals surface area contributed by atoms with Crippen LogP contribution < -0.4 is 0 Å². The molecule has 1 fully saturated rings. The summed E-state index contributed by atoms with van der Waals surface area (Å²) in [6.45, 7) is 0. The zero-order valence-electron chi connectivity index (χ0n) is 6.95. The topological polar surface area (TPSA) is 42.2 Å². The molecule has 0 aliphatic heterocycles. The molecular formula is C9H11NO2. The van der Waals surface area contributed by atoms with Gasteiger partial charge in [-0.25, -0.2) is 4.79 Å². The van der Waals surface area contributed by atoms with Gasteiger partial charge in [-0.1, -0.05) is 0 Å². The summed E-state index contributed by atoms with van der Waals surface area (Å²) in [7, 11) is 1.77. The zero-order chi connectivity index (χ0) is 8.72. The Morgan fingerprint density at radius 3 is 2.75 bits per heavy atom. The third kappa shape index (κ3) is 1.11. The Labute approximate surface area is 70.6 Å². The number of hydrogen-bond donors (Lipinski definition) is 1. The Hall–Kier alpha value is -1.25. The number of aryl methyl sites for hydroxylation is 1. The Kier molecular flexibility index (Phi) is 1.46. The van der Waals surface area contributed by atoms with Crippen LogP contribution in [0.1, 0.15) is 34.8 Å². The van der Waals surface area contributed by atoms with Crippen LogP contribution >= 0.6 is 0 Å². The van der Waals surface area contributed by atoms with Crippen molar-refractivity contribution < 1.29 is 9.90 Å². The van der Waals surface area contributed by atoms with E-state index in [2.05, 4.69) is 0 Å². The van der Waals surface area contributed by atoms with Gasteiger partial charge in [-0.05, 0) is 30.4 Å². The van der Waals surface area contributed by atoms with E-state index in [1.807, 2.05) is 6.20 Å². The molecule has 1 aliphatic carbocycles. The van der Waals surface area contributed by atoms with E-state index in [0.717, 1.165) is 0 Å². The van der Waals surface area contributed by atoms with Gasteiger partial charge < -0.3 is 9.67 Å². The van der Waals surface area contributed by atoms with Gasteiger partial charge in [0.25, 0.3) is 0 Å². The van der Waals surface area contributed by atoms with Crippen LogP contribution in [0.15, 0.2) is 12.3 Å². The lowest BCUT2D eigenvalue weighted by Crippen LogP contribution is -2.02. The van der Waals surface area contributed by atoms with E-state index in [9.17, 15) is 4.79 Å². The fourth-order valence-electron chi connectivity index (χ4n) is 1.44. The van der Waals surface area contributed by atoms with Gasteiger partial charge in [-0.2, -0.15) is 0 Å². The maximum Gasteiger partial charge on any atom is 0.352 e. The highest BCUT2D eigenvalue weighted by Gasteiger charge is 2.26. The number of carboxylic acids is 1. The molecule has 0 saturated heterocycles. The number of aromatic carboxylic acids is 1. The lowest BCUT2D eigenvalue weighted by atomic mass is 10.2. The summed E-state index contributed by atoms with van der Waals surface area (Å²) in [6, 6.07) is 1.78. The molecule has 0 radical (unpaired) electrons. The summed E-state index contributed by atoms with van der Waals surface area (Å²) in [5, 5.41) is 8.76. The molecule has 1 N–H and O–H groups in total. The number of hydrogen-bond acceptors (Lipinski definition) is 1. The smallest absolute Gasteiger partial charge is 0.352 e. The highest BCUT2D eigenvalue weighted by Crippen LogP contribution is 2.40. The molecule has 0 atom stereocenters. The molecule has 2 rings (SSSR count). The lowest BCUT2D eigenvalue weighted by Gasteiger charge is -1.93. The molecule has 0 aromatic carbocycles. The number of rotatable bonds is 2. The minimum Gasteiger partial charge on any atom is -0.477 e. The first-order valence-electron chi connectivity index (χ1n) is 4.08. The molecule has 3 heteroatoms. The second kappa shape index (κ2) is 2.37. The summed E-state index contributed by atoms with van der Waals surface area (Å²) in [6.07, 6.45) is 4.34. The number of nitrogens with zero attached hydrogens (tertiary/aromatic N) is 1. The van der Waals surface area contributed by atoms with Crippen molar-refractivity contribution in [2.45, 2.75) is 18.8 Å². The Morgan fingerprint density at radius 1 is 1.67 bits per heavy atom. The number of aromatic nitrogens is 1. The average Bonchev–Trinajstić information content (AvgIpc) is 2.75. The van der Waals surface area contributed by atoms with E-state index < -0.39 is 5.97 Å². The molecule has 1 heterocycles. The normalized spacial score (nSPS) is 16.4. The Bertz CT molecular complexity index is 323. The SMILES string of the molecule is Cn1cc(C2CC2)cc1C(=O)O. The van der Waals surface area contributed by atoms with Crippen molar-refractivity contribution in [3.8, 4) is 0 Å². The second-order valence-corrected chi connectivity index (χ2v) is 3.35.